The van der Waals surface area contributed by atoms with Crippen molar-refractivity contribution < 1.29 is 4.74 Å². The monoisotopic (exact) mass is 360 g/mol. The third kappa shape index (κ3) is 3.01. The minimum absolute atomic E-state index is 0.196. The number of pyridine rings is 1. The average molecular weight is 360 g/mol. The van der Waals surface area contributed by atoms with Crippen LogP contribution in [0.2, 0.25) is 0 Å². The van der Waals surface area contributed by atoms with E-state index < -0.39 is 0 Å². The maximum atomic E-state index is 8.55. The van der Waals surface area contributed by atoms with Crippen LogP contribution in [0, 0.1) is 5.41 Å². The lowest BCUT2D eigenvalue weighted by atomic mass is 10.0. The van der Waals surface area contributed by atoms with Crippen molar-refractivity contribution >= 4 is 33.9 Å². The lowest BCUT2D eigenvalue weighted by molar-refractivity contribution is 0.417. The van der Waals surface area contributed by atoms with Crippen LogP contribution in [-0.4, -0.2) is 38.0 Å². The topological polar surface area (TPSA) is 138 Å². The number of methoxy groups -OCH3 is 1. The smallest absolute Gasteiger partial charge is 0.145 e. The number of anilines is 3. The van der Waals surface area contributed by atoms with Gasteiger partial charge in [0.15, 0.2) is 0 Å². The molecule has 0 saturated heterocycles. The van der Waals surface area contributed by atoms with Crippen molar-refractivity contribution in [2.75, 3.05) is 18.2 Å². The Labute approximate surface area is 154 Å². The van der Waals surface area contributed by atoms with E-state index in [9.17, 15) is 0 Å². The van der Waals surface area contributed by atoms with E-state index in [0.29, 0.717) is 28.4 Å². The Morgan fingerprint density at radius 1 is 1.22 bits per heavy atom. The van der Waals surface area contributed by atoms with Gasteiger partial charge in [-0.1, -0.05) is 0 Å². The third-order valence-electron chi connectivity index (χ3n) is 4.11. The van der Waals surface area contributed by atoms with Gasteiger partial charge in [-0.25, -0.2) is 9.97 Å². The SMILES string of the molecule is COc1cc2[nH]ncc2cc1Nc1ncnc(N)c1C(=N)c1ccncc1. The number of nitrogens with two attached hydrogens (primary N) is 1. The highest BCUT2D eigenvalue weighted by atomic mass is 16.5. The first-order valence-corrected chi connectivity index (χ1v) is 8.05. The molecule has 3 aromatic heterocycles. The second kappa shape index (κ2) is 6.71. The predicted molar refractivity (Wildman–Crippen MR) is 103 cm³/mol. The Morgan fingerprint density at radius 2 is 2.04 bits per heavy atom. The van der Waals surface area contributed by atoms with Crippen molar-refractivity contribution in [3.63, 3.8) is 0 Å². The van der Waals surface area contributed by atoms with Crippen LogP contribution in [0.1, 0.15) is 11.1 Å². The minimum atomic E-state index is 0.196. The van der Waals surface area contributed by atoms with Gasteiger partial charge in [-0.05, 0) is 18.2 Å². The van der Waals surface area contributed by atoms with Gasteiger partial charge >= 0.3 is 0 Å². The highest BCUT2D eigenvalue weighted by Gasteiger charge is 2.18. The van der Waals surface area contributed by atoms with Crippen molar-refractivity contribution in [1.82, 2.24) is 25.1 Å². The van der Waals surface area contributed by atoms with Crippen LogP contribution >= 0.6 is 0 Å². The van der Waals surface area contributed by atoms with Gasteiger partial charge < -0.3 is 15.8 Å². The van der Waals surface area contributed by atoms with Crippen LogP contribution in [0.4, 0.5) is 17.3 Å². The molecule has 9 heteroatoms. The number of hydrogen-bond donors (Lipinski definition) is 4. The summed E-state index contributed by atoms with van der Waals surface area (Å²) >= 11 is 0. The molecular formula is C18H16N8O. The van der Waals surface area contributed by atoms with Crippen molar-refractivity contribution in [3.8, 4) is 5.75 Å². The molecule has 0 unspecified atom stereocenters. The van der Waals surface area contributed by atoms with E-state index in [2.05, 4.69) is 30.5 Å². The maximum Gasteiger partial charge on any atom is 0.145 e. The van der Waals surface area contributed by atoms with Gasteiger partial charge in [-0.2, -0.15) is 5.10 Å². The molecule has 4 aromatic rings. The largest absolute Gasteiger partial charge is 0.494 e. The van der Waals surface area contributed by atoms with E-state index in [1.807, 2.05) is 12.1 Å². The Balaban J connectivity index is 1.79. The molecule has 1 aromatic carbocycles. The number of aromatic amines is 1. The number of rotatable bonds is 5. The zero-order valence-corrected chi connectivity index (χ0v) is 14.4. The number of hydrogen-bond acceptors (Lipinski definition) is 8. The van der Waals surface area contributed by atoms with E-state index in [0.717, 1.165) is 10.9 Å². The Kier molecular flexibility index (Phi) is 4.09. The van der Waals surface area contributed by atoms with E-state index >= 15 is 0 Å². The van der Waals surface area contributed by atoms with Crippen molar-refractivity contribution in [2.24, 2.45) is 0 Å². The van der Waals surface area contributed by atoms with Crippen molar-refractivity contribution in [3.05, 3.63) is 60.3 Å². The lowest BCUT2D eigenvalue weighted by Gasteiger charge is -2.15. The molecule has 0 saturated carbocycles. The Hall–Kier alpha value is -4.01. The normalized spacial score (nSPS) is 10.7. The van der Waals surface area contributed by atoms with Gasteiger partial charge in [0.1, 0.15) is 23.7 Å². The number of fused-ring (bicyclic) bond motifs is 1. The van der Waals surface area contributed by atoms with Crippen LogP contribution in [-0.2, 0) is 0 Å². The summed E-state index contributed by atoms with van der Waals surface area (Å²) in [4.78, 5) is 12.3. The Bertz CT molecular complexity index is 1120. The molecule has 0 aliphatic heterocycles. The van der Waals surface area contributed by atoms with Gasteiger partial charge in [-0.15, -0.1) is 0 Å². The standard InChI is InChI=1S/C18H16N8O/c1-27-14-7-12-11(8-24-26-12)6-13(14)25-18-15(17(20)22-9-23-18)16(19)10-2-4-21-5-3-10/h2-9,19H,1H3,(H,24,26)(H3,20,22,23,25). The molecule has 27 heavy (non-hydrogen) atoms. The summed E-state index contributed by atoms with van der Waals surface area (Å²) in [7, 11) is 1.58. The first-order chi connectivity index (χ1) is 13.2. The summed E-state index contributed by atoms with van der Waals surface area (Å²) in [5.41, 5.74) is 8.85. The molecule has 0 aliphatic carbocycles. The zero-order valence-electron chi connectivity index (χ0n) is 14.4. The summed E-state index contributed by atoms with van der Waals surface area (Å²) in [6.45, 7) is 0. The minimum Gasteiger partial charge on any atom is -0.494 e. The van der Waals surface area contributed by atoms with Gasteiger partial charge in [0.25, 0.3) is 0 Å². The second-order valence-corrected chi connectivity index (χ2v) is 5.73. The molecule has 0 radical (unpaired) electrons. The van der Waals surface area contributed by atoms with Gasteiger partial charge in [0.05, 0.1) is 35.8 Å². The number of nitrogens with one attached hydrogen (secondary N) is 3. The van der Waals surface area contributed by atoms with Crippen LogP contribution in [0.15, 0.2) is 49.2 Å². The van der Waals surface area contributed by atoms with Crippen molar-refractivity contribution in [2.45, 2.75) is 0 Å². The first-order valence-electron chi connectivity index (χ1n) is 8.05. The molecule has 9 nitrogen and oxygen atoms in total. The molecule has 134 valence electrons. The fraction of sp³-hybridized carbons (Fsp3) is 0.0556. The summed E-state index contributed by atoms with van der Waals surface area (Å²) < 4.78 is 5.46. The lowest BCUT2D eigenvalue weighted by Crippen LogP contribution is -2.12. The summed E-state index contributed by atoms with van der Waals surface area (Å²) in [6, 6.07) is 7.19. The molecule has 4 rings (SSSR count). The maximum absolute atomic E-state index is 8.55. The van der Waals surface area contributed by atoms with Crippen LogP contribution in [0.3, 0.4) is 0 Å². The number of ether oxygens (including phenoxy) is 1. The quantitative estimate of drug-likeness (QED) is 0.401. The zero-order chi connectivity index (χ0) is 18.8. The highest BCUT2D eigenvalue weighted by Crippen LogP contribution is 2.33. The number of aromatic nitrogens is 5. The fourth-order valence-corrected chi connectivity index (χ4v) is 2.77. The van der Waals surface area contributed by atoms with Crippen LogP contribution in [0.25, 0.3) is 10.9 Å². The van der Waals surface area contributed by atoms with Crippen LogP contribution in [0.5, 0.6) is 5.75 Å². The summed E-state index contributed by atoms with van der Waals surface area (Å²) in [5, 5.41) is 19.6. The van der Waals surface area contributed by atoms with Crippen molar-refractivity contribution in [1.29, 1.82) is 5.41 Å². The molecule has 0 amide bonds. The molecule has 3 heterocycles. The molecule has 5 N–H and O–H groups in total. The molecule has 0 aliphatic rings. The number of nitrogen functional groups attached to an aromatic ring is 1. The van der Waals surface area contributed by atoms with E-state index in [1.54, 1.807) is 37.8 Å². The molecule has 0 atom stereocenters. The van der Waals surface area contributed by atoms with Crippen LogP contribution < -0.4 is 15.8 Å². The Morgan fingerprint density at radius 3 is 2.81 bits per heavy atom. The van der Waals surface area contributed by atoms with E-state index in [-0.39, 0.29) is 11.5 Å². The first kappa shape index (κ1) is 16.5. The van der Waals surface area contributed by atoms with Gasteiger partial charge in [-0.3, -0.25) is 15.5 Å². The second-order valence-electron chi connectivity index (χ2n) is 5.73. The summed E-state index contributed by atoms with van der Waals surface area (Å²) in [6.07, 6.45) is 6.30. The highest BCUT2D eigenvalue weighted by molar-refractivity contribution is 6.16. The van der Waals surface area contributed by atoms with E-state index in [1.165, 1.54) is 6.33 Å². The van der Waals surface area contributed by atoms with E-state index in [4.69, 9.17) is 15.9 Å². The third-order valence-corrected chi connectivity index (χ3v) is 4.11. The summed E-state index contributed by atoms with van der Waals surface area (Å²) in [5.74, 6) is 1.22. The number of nitrogens with zero attached hydrogens (tertiary/aromatic N) is 4. The molecule has 0 fully saturated rings. The van der Waals surface area contributed by atoms with Gasteiger partial charge in [0.2, 0.25) is 0 Å². The molecular weight excluding hydrogens is 344 g/mol. The van der Waals surface area contributed by atoms with Gasteiger partial charge in [0, 0.05) is 29.4 Å². The molecule has 0 bridgehead atoms. The average Bonchev–Trinajstić information content (AvgIpc) is 3.15. The fourth-order valence-electron chi connectivity index (χ4n) is 2.77. The predicted octanol–water partition coefficient (Wildman–Crippen LogP) is 2.50. The molecule has 0 spiro atoms. The number of benzene rings is 1. The number of H-pyrrole nitrogens is 1.